The number of hydrogen-bond acceptors (Lipinski definition) is 4. The molecule has 1 aromatic heterocycles. The molecule has 27 heavy (non-hydrogen) atoms. The topological polar surface area (TPSA) is 63.8 Å². The zero-order valence-electron chi connectivity index (χ0n) is 14.4. The van der Waals surface area contributed by atoms with Gasteiger partial charge >= 0.3 is 0 Å². The van der Waals surface area contributed by atoms with E-state index in [1.54, 1.807) is 24.3 Å². The molecule has 1 heterocycles. The number of nitrogens with zero attached hydrogens (tertiary/aromatic N) is 1. The van der Waals surface area contributed by atoms with Gasteiger partial charge in [0.1, 0.15) is 17.3 Å². The van der Waals surface area contributed by atoms with E-state index in [1.165, 1.54) is 6.21 Å². The molecule has 3 aromatic rings. The molecule has 5 nitrogen and oxygen atoms in total. The van der Waals surface area contributed by atoms with Crippen LogP contribution in [0.25, 0.3) is 11.3 Å². The highest BCUT2D eigenvalue weighted by molar-refractivity contribution is 9.10. The van der Waals surface area contributed by atoms with Crippen molar-refractivity contribution in [1.29, 1.82) is 0 Å². The summed E-state index contributed by atoms with van der Waals surface area (Å²) in [6, 6.07) is 16.6. The molecular formula is C20H16BrClN2O3. The number of aryl methyl sites for hydroxylation is 1. The van der Waals surface area contributed by atoms with Crippen LogP contribution < -0.4 is 10.2 Å². The van der Waals surface area contributed by atoms with E-state index in [9.17, 15) is 4.79 Å². The Morgan fingerprint density at radius 2 is 2.00 bits per heavy atom. The smallest absolute Gasteiger partial charge is 0.277 e. The van der Waals surface area contributed by atoms with Gasteiger partial charge in [-0.15, -0.1) is 0 Å². The number of furan rings is 1. The van der Waals surface area contributed by atoms with Crippen LogP contribution in [0.2, 0.25) is 5.02 Å². The van der Waals surface area contributed by atoms with E-state index in [4.69, 9.17) is 20.8 Å². The SMILES string of the molecule is Cc1cc(OCC(=O)N/N=C/c2ccc(-c3ccc(Br)cc3)o2)ccc1Cl. The van der Waals surface area contributed by atoms with Crippen LogP contribution in [0.15, 0.2) is 68.6 Å². The largest absolute Gasteiger partial charge is 0.484 e. The highest BCUT2D eigenvalue weighted by Crippen LogP contribution is 2.23. The van der Waals surface area contributed by atoms with E-state index in [0.29, 0.717) is 16.5 Å². The summed E-state index contributed by atoms with van der Waals surface area (Å²) in [5.74, 6) is 1.44. The molecule has 0 saturated heterocycles. The predicted molar refractivity (Wildman–Crippen MR) is 109 cm³/mol. The third-order valence-electron chi connectivity index (χ3n) is 3.64. The average molecular weight is 448 g/mol. The lowest BCUT2D eigenvalue weighted by molar-refractivity contribution is -0.123. The molecule has 7 heteroatoms. The summed E-state index contributed by atoms with van der Waals surface area (Å²) in [6.07, 6.45) is 1.44. The second-order valence-electron chi connectivity index (χ2n) is 5.70. The van der Waals surface area contributed by atoms with Crippen LogP contribution in [0.5, 0.6) is 5.75 Å². The number of carbonyl (C=O) groups is 1. The molecule has 0 atom stereocenters. The molecule has 0 spiro atoms. The first-order chi connectivity index (χ1) is 13.0. The summed E-state index contributed by atoms with van der Waals surface area (Å²) in [5.41, 5.74) is 4.23. The first-order valence-electron chi connectivity index (χ1n) is 8.08. The van der Waals surface area contributed by atoms with Gasteiger partial charge < -0.3 is 9.15 Å². The number of rotatable bonds is 6. The van der Waals surface area contributed by atoms with E-state index >= 15 is 0 Å². The average Bonchev–Trinajstić information content (AvgIpc) is 3.12. The summed E-state index contributed by atoms with van der Waals surface area (Å²) < 4.78 is 12.1. The maximum atomic E-state index is 11.8. The number of hydrogen-bond donors (Lipinski definition) is 1. The van der Waals surface area contributed by atoms with Crippen LogP contribution in [-0.2, 0) is 4.79 Å². The number of carbonyl (C=O) groups excluding carboxylic acids is 1. The highest BCUT2D eigenvalue weighted by atomic mass is 79.9. The van der Waals surface area contributed by atoms with Crippen LogP contribution in [0, 0.1) is 6.92 Å². The van der Waals surface area contributed by atoms with Gasteiger partial charge in [0.25, 0.3) is 5.91 Å². The quantitative estimate of drug-likeness (QED) is 0.417. The molecule has 0 aliphatic heterocycles. The molecule has 0 saturated carbocycles. The van der Waals surface area contributed by atoms with Gasteiger partial charge in [-0.05, 0) is 55.0 Å². The molecule has 0 aliphatic rings. The van der Waals surface area contributed by atoms with E-state index < -0.39 is 0 Å². The fraction of sp³-hybridized carbons (Fsp3) is 0.100. The van der Waals surface area contributed by atoms with Crippen LogP contribution in [0.1, 0.15) is 11.3 Å². The number of nitrogens with one attached hydrogen (secondary N) is 1. The molecule has 3 rings (SSSR count). The van der Waals surface area contributed by atoms with Gasteiger partial charge in [0.05, 0.1) is 6.21 Å². The molecule has 0 aliphatic carbocycles. The third-order valence-corrected chi connectivity index (χ3v) is 4.59. The molecular weight excluding hydrogens is 432 g/mol. The summed E-state index contributed by atoms with van der Waals surface area (Å²) in [5, 5.41) is 4.53. The number of ether oxygens (including phenoxy) is 1. The normalized spacial score (nSPS) is 10.9. The molecule has 138 valence electrons. The number of amides is 1. The Balaban J connectivity index is 1.50. The van der Waals surface area contributed by atoms with E-state index in [2.05, 4.69) is 26.5 Å². The third kappa shape index (κ3) is 5.45. The summed E-state index contributed by atoms with van der Waals surface area (Å²) in [6.45, 7) is 1.71. The lowest BCUT2D eigenvalue weighted by Crippen LogP contribution is -2.24. The lowest BCUT2D eigenvalue weighted by atomic mass is 10.2. The van der Waals surface area contributed by atoms with Crippen molar-refractivity contribution >= 4 is 39.7 Å². The summed E-state index contributed by atoms with van der Waals surface area (Å²) in [7, 11) is 0. The standard InChI is InChI=1S/C20H16BrClN2O3/c1-13-10-16(6-8-18(13)22)26-12-20(25)24-23-11-17-7-9-19(27-17)14-2-4-15(21)5-3-14/h2-11H,12H2,1H3,(H,24,25)/b23-11+. The zero-order valence-corrected chi connectivity index (χ0v) is 16.8. The molecule has 1 N–H and O–H groups in total. The highest BCUT2D eigenvalue weighted by Gasteiger charge is 2.05. The van der Waals surface area contributed by atoms with Crippen molar-refractivity contribution in [2.45, 2.75) is 6.92 Å². The van der Waals surface area contributed by atoms with Gasteiger partial charge in [-0.25, -0.2) is 5.43 Å². The maximum absolute atomic E-state index is 11.8. The Labute approximate surface area is 170 Å². The van der Waals surface area contributed by atoms with Crippen molar-refractivity contribution in [1.82, 2.24) is 5.43 Å². The Morgan fingerprint density at radius 1 is 1.22 bits per heavy atom. The number of halogens is 2. The zero-order chi connectivity index (χ0) is 19.2. The first-order valence-corrected chi connectivity index (χ1v) is 9.25. The Hall–Kier alpha value is -2.57. The number of hydrazone groups is 1. The van der Waals surface area contributed by atoms with E-state index in [-0.39, 0.29) is 12.5 Å². The van der Waals surface area contributed by atoms with Crippen molar-refractivity contribution in [3.63, 3.8) is 0 Å². The second-order valence-corrected chi connectivity index (χ2v) is 7.02. The predicted octanol–water partition coefficient (Wildman–Crippen LogP) is 5.20. The molecule has 0 bridgehead atoms. The Morgan fingerprint density at radius 3 is 2.74 bits per heavy atom. The first kappa shape index (κ1) is 19.2. The van der Waals surface area contributed by atoms with E-state index in [1.807, 2.05) is 37.3 Å². The Bertz CT molecular complexity index is 968. The summed E-state index contributed by atoms with van der Waals surface area (Å²) in [4.78, 5) is 11.8. The fourth-order valence-corrected chi connectivity index (χ4v) is 2.63. The fourth-order valence-electron chi connectivity index (χ4n) is 2.25. The lowest BCUT2D eigenvalue weighted by Gasteiger charge is -2.06. The van der Waals surface area contributed by atoms with Crippen LogP contribution in [0.3, 0.4) is 0 Å². The molecule has 0 radical (unpaired) electrons. The van der Waals surface area contributed by atoms with Gasteiger partial charge in [0.15, 0.2) is 6.61 Å². The summed E-state index contributed by atoms with van der Waals surface area (Å²) >= 11 is 9.35. The van der Waals surface area contributed by atoms with Crippen molar-refractivity contribution < 1.29 is 13.9 Å². The van der Waals surface area contributed by atoms with Gasteiger partial charge in [0, 0.05) is 15.1 Å². The van der Waals surface area contributed by atoms with Crippen LogP contribution in [0.4, 0.5) is 0 Å². The van der Waals surface area contributed by atoms with Gasteiger partial charge in [-0.3, -0.25) is 4.79 Å². The Kier molecular flexibility index (Phi) is 6.32. The minimum absolute atomic E-state index is 0.152. The molecule has 0 unspecified atom stereocenters. The number of benzene rings is 2. The maximum Gasteiger partial charge on any atom is 0.277 e. The molecule has 2 aromatic carbocycles. The van der Waals surface area contributed by atoms with Crippen molar-refractivity contribution in [3.8, 4) is 17.1 Å². The molecule has 0 fully saturated rings. The van der Waals surface area contributed by atoms with Gasteiger partial charge in [0.2, 0.25) is 0 Å². The minimum atomic E-state index is -0.376. The van der Waals surface area contributed by atoms with Crippen molar-refractivity contribution in [2.24, 2.45) is 5.10 Å². The van der Waals surface area contributed by atoms with Crippen LogP contribution >= 0.6 is 27.5 Å². The second kappa shape index (κ2) is 8.88. The van der Waals surface area contributed by atoms with Crippen LogP contribution in [-0.4, -0.2) is 18.7 Å². The van der Waals surface area contributed by atoms with Gasteiger partial charge in [-0.2, -0.15) is 5.10 Å². The van der Waals surface area contributed by atoms with Gasteiger partial charge in [-0.1, -0.05) is 39.7 Å². The van der Waals surface area contributed by atoms with Crippen molar-refractivity contribution in [3.05, 3.63) is 75.4 Å². The van der Waals surface area contributed by atoms with E-state index in [0.717, 1.165) is 21.4 Å². The monoisotopic (exact) mass is 446 g/mol. The van der Waals surface area contributed by atoms with Crippen molar-refractivity contribution in [2.75, 3.05) is 6.61 Å². The minimum Gasteiger partial charge on any atom is -0.484 e. The molecule has 1 amide bonds.